The van der Waals surface area contributed by atoms with Gasteiger partial charge in [-0.2, -0.15) is 0 Å². The molecule has 0 unspecified atom stereocenters. The molecule has 0 radical (unpaired) electrons. The van der Waals surface area contributed by atoms with E-state index in [9.17, 15) is 4.79 Å². The first kappa shape index (κ1) is 22.3. The Hall–Kier alpha value is -2.48. The normalized spacial score (nSPS) is 16.5. The van der Waals surface area contributed by atoms with Gasteiger partial charge in [0.15, 0.2) is 5.13 Å². The molecule has 0 N–H and O–H groups in total. The Morgan fingerprint density at radius 1 is 1.12 bits per heavy atom. The van der Waals surface area contributed by atoms with Gasteiger partial charge in [0.1, 0.15) is 5.75 Å². The van der Waals surface area contributed by atoms with Gasteiger partial charge in [-0.25, -0.2) is 4.98 Å². The van der Waals surface area contributed by atoms with Gasteiger partial charge in [0.2, 0.25) is 0 Å². The summed E-state index contributed by atoms with van der Waals surface area (Å²) in [6.45, 7) is 5.09. The number of methoxy groups -OCH3 is 1. The number of hydrogen-bond donors (Lipinski definition) is 0. The van der Waals surface area contributed by atoms with Crippen LogP contribution in [0.3, 0.4) is 0 Å². The summed E-state index contributed by atoms with van der Waals surface area (Å²) in [5, 5.41) is 0.753. The molecule has 33 heavy (non-hydrogen) atoms. The molecule has 1 amide bonds. The lowest BCUT2D eigenvalue weighted by Gasteiger charge is -2.28. The first-order chi connectivity index (χ1) is 16.2. The van der Waals surface area contributed by atoms with Crippen molar-refractivity contribution >= 4 is 32.6 Å². The number of morpholine rings is 1. The van der Waals surface area contributed by atoms with E-state index in [2.05, 4.69) is 17.0 Å². The largest absolute Gasteiger partial charge is 0.497 e. The first-order valence-corrected chi connectivity index (χ1v) is 12.7. The summed E-state index contributed by atoms with van der Waals surface area (Å²) in [7, 11) is 1.66. The molecule has 3 aromatic rings. The van der Waals surface area contributed by atoms with Gasteiger partial charge >= 0.3 is 0 Å². The lowest BCUT2D eigenvalue weighted by molar-refractivity contribution is 0.0376. The molecule has 1 aliphatic heterocycles. The minimum absolute atomic E-state index is 0.0383. The van der Waals surface area contributed by atoms with E-state index in [1.54, 1.807) is 18.4 Å². The Morgan fingerprint density at radius 2 is 1.94 bits per heavy atom. The Balaban J connectivity index is 1.40. The van der Waals surface area contributed by atoms with Gasteiger partial charge < -0.3 is 9.47 Å². The van der Waals surface area contributed by atoms with Crippen LogP contribution in [-0.4, -0.2) is 62.3 Å². The number of nitrogens with zero attached hydrogens (tertiary/aromatic N) is 3. The molecule has 1 aromatic heterocycles. The Kier molecular flexibility index (Phi) is 6.90. The number of amides is 1. The molecule has 2 aliphatic rings. The van der Waals surface area contributed by atoms with E-state index in [1.807, 2.05) is 29.2 Å². The van der Waals surface area contributed by atoms with Gasteiger partial charge in [0.25, 0.3) is 5.91 Å². The molecule has 1 fully saturated rings. The summed E-state index contributed by atoms with van der Waals surface area (Å²) < 4.78 is 11.9. The number of carbonyl (C=O) groups is 1. The van der Waals surface area contributed by atoms with Gasteiger partial charge in [-0.3, -0.25) is 14.6 Å². The number of aromatic nitrogens is 1. The zero-order valence-corrected chi connectivity index (χ0v) is 20.0. The summed E-state index contributed by atoms with van der Waals surface area (Å²) in [5.41, 5.74) is 4.35. The second-order valence-electron chi connectivity index (χ2n) is 8.79. The molecule has 2 aromatic carbocycles. The molecule has 6 nitrogen and oxygen atoms in total. The number of ether oxygens (including phenoxy) is 2. The average molecular weight is 466 g/mol. The number of benzene rings is 2. The molecule has 0 atom stereocenters. The zero-order valence-electron chi connectivity index (χ0n) is 19.2. The molecular weight excluding hydrogens is 434 g/mol. The predicted octanol–water partition coefficient (Wildman–Crippen LogP) is 4.55. The van der Waals surface area contributed by atoms with Crippen LogP contribution < -0.4 is 9.64 Å². The van der Waals surface area contributed by atoms with Gasteiger partial charge in [-0.1, -0.05) is 17.4 Å². The minimum Gasteiger partial charge on any atom is -0.497 e. The summed E-state index contributed by atoms with van der Waals surface area (Å²) in [6, 6.07) is 12.2. The van der Waals surface area contributed by atoms with Crippen molar-refractivity contribution < 1.29 is 14.3 Å². The third-order valence-corrected chi connectivity index (χ3v) is 7.67. The first-order valence-electron chi connectivity index (χ1n) is 11.9. The van der Waals surface area contributed by atoms with Crippen molar-refractivity contribution in [2.75, 3.05) is 51.4 Å². The molecule has 0 bridgehead atoms. The second-order valence-corrected chi connectivity index (χ2v) is 9.79. The van der Waals surface area contributed by atoms with Crippen LogP contribution in [0.4, 0.5) is 5.13 Å². The van der Waals surface area contributed by atoms with Crippen LogP contribution in [-0.2, 0) is 17.6 Å². The molecule has 174 valence electrons. The van der Waals surface area contributed by atoms with Crippen LogP contribution in [0, 0.1) is 0 Å². The number of rotatable bonds is 7. The van der Waals surface area contributed by atoms with Crippen molar-refractivity contribution in [3.05, 3.63) is 53.1 Å². The predicted molar refractivity (Wildman–Crippen MR) is 133 cm³/mol. The molecule has 0 spiro atoms. The monoisotopic (exact) mass is 465 g/mol. The Morgan fingerprint density at radius 3 is 2.76 bits per heavy atom. The highest BCUT2D eigenvalue weighted by atomic mass is 32.1. The molecular formula is C26H31N3O3S. The van der Waals surface area contributed by atoms with E-state index < -0.39 is 0 Å². The maximum absolute atomic E-state index is 13.7. The Bertz CT molecular complexity index is 1120. The van der Waals surface area contributed by atoms with Crippen LogP contribution in [0.5, 0.6) is 5.75 Å². The van der Waals surface area contributed by atoms with Crippen LogP contribution in [0.25, 0.3) is 10.2 Å². The number of fused-ring (bicyclic) bond motifs is 2. The van der Waals surface area contributed by atoms with E-state index in [-0.39, 0.29) is 5.91 Å². The van der Waals surface area contributed by atoms with E-state index in [0.717, 1.165) is 78.8 Å². The van der Waals surface area contributed by atoms with E-state index in [4.69, 9.17) is 14.5 Å². The molecule has 5 rings (SSSR count). The van der Waals surface area contributed by atoms with Gasteiger partial charge in [0, 0.05) is 37.8 Å². The van der Waals surface area contributed by atoms with Crippen LogP contribution in [0.15, 0.2) is 36.4 Å². The topological polar surface area (TPSA) is 54.9 Å². The number of hydrogen-bond acceptors (Lipinski definition) is 6. The van der Waals surface area contributed by atoms with E-state index in [1.165, 1.54) is 24.0 Å². The molecule has 7 heteroatoms. The van der Waals surface area contributed by atoms with Crippen LogP contribution >= 0.6 is 11.3 Å². The highest BCUT2D eigenvalue weighted by Gasteiger charge is 2.23. The molecule has 1 aliphatic carbocycles. The lowest BCUT2D eigenvalue weighted by Crippen LogP contribution is -2.39. The lowest BCUT2D eigenvalue weighted by atomic mass is 9.90. The maximum Gasteiger partial charge on any atom is 0.260 e. The highest BCUT2D eigenvalue weighted by Crippen LogP contribution is 2.32. The van der Waals surface area contributed by atoms with E-state index >= 15 is 0 Å². The Labute approximate surface area is 199 Å². The third kappa shape index (κ3) is 5.05. The standard InChI is InChI=1S/C26H31N3O3S/c1-31-22-9-10-24-23(18-22)27-26(33-24)29(12-4-11-28-13-15-32-16-14-28)25(30)21-8-7-19-5-2-3-6-20(19)17-21/h7-10,17-18H,2-6,11-16H2,1H3. The maximum atomic E-state index is 13.7. The van der Waals surface area contributed by atoms with Crippen molar-refractivity contribution in [3.63, 3.8) is 0 Å². The fraction of sp³-hybridized carbons (Fsp3) is 0.462. The van der Waals surface area contributed by atoms with Crippen LogP contribution in [0.1, 0.15) is 40.7 Å². The highest BCUT2D eigenvalue weighted by molar-refractivity contribution is 7.22. The van der Waals surface area contributed by atoms with Gasteiger partial charge in [-0.05, 0) is 67.5 Å². The molecule has 1 saturated heterocycles. The average Bonchev–Trinajstić information content (AvgIpc) is 3.29. The number of carbonyl (C=O) groups excluding carboxylic acids is 1. The fourth-order valence-corrected chi connectivity index (χ4v) is 5.69. The minimum atomic E-state index is 0.0383. The molecule has 2 heterocycles. The number of aryl methyl sites for hydroxylation is 2. The number of anilines is 1. The summed E-state index contributed by atoms with van der Waals surface area (Å²) in [4.78, 5) is 22.9. The van der Waals surface area contributed by atoms with Crippen molar-refractivity contribution in [1.82, 2.24) is 9.88 Å². The van der Waals surface area contributed by atoms with Gasteiger partial charge in [-0.15, -0.1) is 0 Å². The van der Waals surface area contributed by atoms with Crippen LogP contribution in [0.2, 0.25) is 0 Å². The molecule has 0 saturated carbocycles. The zero-order chi connectivity index (χ0) is 22.6. The van der Waals surface area contributed by atoms with Crippen molar-refractivity contribution in [2.24, 2.45) is 0 Å². The van der Waals surface area contributed by atoms with Crippen molar-refractivity contribution in [2.45, 2.75) is 32.1 Å². The summed E-state index contributed by atoms with van der Waals surface area (Å²) in [5.74, 6) is 0.815. The van der Waals surface area contributed by atoms with E-state index in [0.29, 0.717) is 6.54 Å². The number of thiazole rings is 1. The van der Waals surface area contributed by atoms with Crippen molar-refractivity contribution in [3.8, 4) is 5.75 Å². The van der Waals surface area contributed by atoms with Crippen molar-refractivity contribution in [1.29, 1.82) is 0 Å². The summed E-state index contributed by atoms with van der Waals surface area (Å²) >= 11 is 1.57. The third-order valence-electron chi connectivity index (χ3n) is 6.61. The second kappa shape index (κ2) is 10.2. The van der Waals surface area contributed by atoms with Gasteiger partial charge in [0.05, 0.1) is 30.5 Å². The quantitative estimate of drug-likeness (QED) is 0.512. The smallest absolute Gasteiger partial charge is 0.260 e. The SMILES string of the molecule is COc1ccc2sc(N(CCCN3CCOCC3)C(=O)c3ccc4c(c3)CCCC4)nc2c1. The summed E-state index contributed by atoms with van der Waals surface area (Å²) in [6.07, 6.45) is 5.52. The fourth-order valence-electron chi connectivity index (χ4n) is 4.72.